The number of rotatable bonds is 2. The smallest absolute Gasteiger partial charge is 0.0577 e. The molecule has 1 N–H and O–H groups in total. The Balaban J connectivity index is 1.65. The van der Waals surface area contributed by atoms with Crippen molar-refractivity contribution in [3.63, 3.8) is 0 Å². The predicted octanol–water partition coefficient (Wildman–Crippen LogP) is 6.05. The number of aliphatic hydroxyl groups is 1. The van der Waals surface area contributed by atoms with Gasteiger partial charge in [-0.2, -0.15) is 0 Å². The average Bonchev–Trinajstić information content (AvgIpc) is 2.92. The molecule has 0 saturated heterocycles. The minimum Gasteiger partial charge on any atom is -0.393 e. The Morgan fingerprint density at radius 2 is 1.71 bits per heavy atom. The summed E-state index contributed by atoms with van der Waals surface area (Å²) in [7, 11) is 0. The molecule has 9 atom stereocenters. The maximum atomic E-state index is 11.2. The van der Waals surface area contributed by atoms with Gasteiger partial charge in [0, 0.05) is 0 Å². The second-order valence-corrected chi connectivity index (χ2v) is 10.7. The summed E-state index contributed by atoms with van der Waals surface area (Å²) in [6, 6.07) is 0. The third-order valence-corrected chi connectivity index (χ3v) is 10.0. The second-order valence-electron chi connectivity index (χ2n) is 10.7. The van der Waals surface area contributed by atoms with E-state index in [0.717, 1.165) is 36.0 Å². The summed E-state index contributed by atoms with van der Waals surface area (Å²) >= 11 is 0. The van der Waals surface area contributed by atoms with Gasteiger partial charge in [0.25, 0.3) is 0 Å². The molecule has 4 rings (SSSR count). The molecule has 24 heavy (non-hydrogen) atoms. The molecule has 0 bridgehead atoms. The van der Waals surface area contributed by atoms with Gasteiger partial charge in [-0.15, -0.1) is 0 Å². The summed E-state index contributed by atoms with van der Waals surface area (Å²) in [5, 5.41) is 11.2. The Hall–Kier alpha value is -0.0400. The first-order valence-corrected chi connectivity index (χ1v) is 11.1. The first-order valence-electron chi connectivity index (χ1n) is 11.1. The van der Waals surface area contributed by atoms with E-state index in [9.17, 15) is 5.11 Å². The third kappa shape index (κ3) is 2.29. The van der Waals surface area contributed by atoms with Crippen LogP contribution in [0.25, 0.3) is 0 Å². The zero-order chi connectivity index (χ0) is 17.1. The summed E-state index contributed by atoms with van der Waals surface area (Å²) in [6.45, 7) is 10.1. The third-order valence-electron chi connectivity index (χ3n) is 10.0. The minimum atomic E-state index is -0.00789. The highest BCUT2D eigenvalue weighted by molar-refractivity contribution is 5.11. The van der Waals surface area contributed by atoms with Crippen LogP contribution in [0.3, 0.4) is 0 Å². The fraction of sp³-hybridized carbons (Fsp3) is 1.00. The Labute approximate surface area is 150 Å². The van der Waals surface area contributed by atoms with Gasteiger partial charge < -0.3 is 5.11 Å². The lowest BCUT2D eigenvalue weighted by molar-refractivity contribution is -0.164. The first kappa shape index (κ1) is 17.4. The van der Waals surface area contributed by atoms with E-state index in [4.69, 9.17) is 0 Å². The molecular formula is C23H40O. The zero-order valence-electron chi connectivity index (χ0n) is 16.6. The van der Waals surface area contributed by atoms with E-state index < -0.39 is 0 Å². The SMILES string of the molecule is CC[C@@H](C)[C@H]1CC[C@H]2[C@@H]3[C@@H](O)C[C@@H]4CCCC[C@]4(C)[C@H]3CC[C@]12C. The predicted molar refractivity (Wildman–Crippen MR) is 101 cm³/mol. The van der Waals surface area contributed by atoms with Crippen molar-refractivity contribution in [2.45, 2.75) is 98.0 Å². The maximum Gasteiger partial charge on any atom is 0.0577 e. The van der Waals surface area contributed by atoms with E-state index in [1.807, 2.05) is 0 Å². The van der Waals surface area contributed by atoms with E-state index in [0.29, 0.717) is 16.7 Å². The van der Waals surface area contributed by atoms with E-state index >= 15 is 0 Å². The van der Waals surface area contributed by atoms with Crippen molar-refractivity contribution >= 4 is 0 Å². The van der Waals surface area contributed by atoms with Crippen molar-refractivity contribution in [3.05, 3.63) is 0 Å². The molecule has 0 amide bonds. The maximum absolute atomic E-state index is 11.2. The van der Waals surface area contributed by atoms with Crippen LogP contribution >= 0.6 is 0 Å². The normalized spacial score (nSPS) is 55.4. The molecule has 0 aromatic heterocycles. The van der Waals surface area contributed by atoms with Gasteiger partial charge >= 0.3 is 0 Å². The number of fused-ring (bicyclic) bond motifs is 5. The molecular weight excluding hydrogens is 292 g/mol. The Bertz CT molecular complexity index is 473. The van der Waals surface area contributed by atoms with Crippen LogP contribution in [0.4, 0.5) is 0 Å². The lowest BCUT2D eigenvalue weighted by Crippen LogP contribution is -2.57. The van der Waals surface area contributed by atoms with Gasteiger partial charge in [-0.05, 0) is 91.3 Å². The molecule has 1 heteroatoms. The fourth-order valence-electron chi connectivity index (χ4n) is 8.51. The van der Waals surface area contributed by atoms with Crippen LogP contribution in [-0.2, 0) is 0 Å². The molecule has 4 fully saturated rings. The van der Waals surface area contributed by atoms with Gasteiger partial charge in [0.1, 0.15) is 0 Å². The van der Waals surface area contributed by atoms with Crippen LogP contribution in [0.2, 0.25) is 0 Å². The standard InChI is InChI=1S/C23H40O/c1-5-15(2)17-9-10-18-21-19(11-13-23(17,18)4)22(3)12-7-6-8-16(22)14-20(21)24/h15-21,24H,5-14H2,1-4H3/t15-,16+,17-,18+,19+,20+,21+,22+,23-/m1/s1. The van der Waals surface area contributed by atoms with Crippen molar-refractivity contribution in [3.8, 4) is 0 Å². The summed E-state index contributed by atoms with van der Waals surface area (Å²) in [6.07, 6.45) is 13.7. The van der Waals surface area contributed by atoms with Gasteiger partial charge in [0.15, 0.2) is 0 Å². The first-order chi connectivity index (χ1) is 11.4. The van der Waals surface area contributed by atoms with E-state index in [-0.39, 0.29) is 6.10 Å². The zero-order valence-corrected chi connectivity index (χ0v) is 16.6. The monoisotopic (exact) mass is 332 g/mol. The Kier molecular flexibility index (Phi) is 4.34. The summed E-state index contributed by atoms with van der Waals surface area (Å²) in [5.74, 6) is 4.77. The molecule has 4 aliphatic rings. The molecule has 0 spiro atoms. The fourth-order valence-corrected chi connectivity index (χ4v) is 8.51. The van der Waals surface area contributed by atoms with E-state index in [1.54, 1.807) is 0 Å². The quantitative estimate of drug-likeness (QED) is 0.652. The Morgan fingerprint density at radius 1 is 0.958 bits per heavy atom. The molecule has 0 radical (unpaired) electrons. The van der Waals surface area contributed by atoms with Crippen LogP contribution in [0, 0.1) is 46.3 Å². The molecule has 0 aromatic carbocycles. The van der Waals surface area contributed by atoms with E-state index in [1.165, 1.54) is 57.8 Å². The van der Waals surface area contributed by atoms with Gasteiger partial charge in [-0.1, -0.05) is 47.0 Å². The minimum absolute atomic E-state index is 0.00789. The van der Waals surface area contributed by atoms with Crippen LogP contribution in [-0.4, -0.2) is 11.2 Å². The molecule has 0 unspecified atom stereocenters. The highest BCUT2D eigenvalue weighted by Crippen LogP contribution is 2.68. The van der Waals surface area contributed by atoms with Crippen LogP contribution < -0.4 is 0 Å². The lowest BCUT2D eigenvalue weighted by Gasteiger charge is -2.62. The molecule has 0 heterocycles. The van der Waals surface area contributed by atoms with Crippen molar-refractivity contribution in [2.75, 3.05) is 0 Å². The summed E-state index contributed by atoms with van der Waals surface area (Å²) < 4.78 is 0. The van der Waals surface area contributed by atoms with Crippen molar-refractivity contribution in [2.24, 2.45) is 46.3 Å². The van der Waals surface area contributed by atoms with Crippen molar-refractivity contribution in [1.82, 2.24) is 0 Å². The summed E-state index contributed by atoms with van der Waals surface area (Å²) in [4.78, 5) is 0. The van der Waals surface area contributed by atoms with Crippen LogP contribution in [0.5, 0.6) is 0 Å². The second kappa shape index (κ2) is 6.00. The molecule has 4 aliphatic carbocycles. The van der Waals surface area contributed by atoms with E-state index in [2.05, 4.69) is 27.7 Å². The van der Waals surface area contributed by atoms with Crippen molar-refractivity contribution < 1.29 is 5.11 Å². The van der Waals surface area contributed by atoms with Gasteiger partial charge in [-0.3, -0.25) is 0 Å². The number of hydrogen-bond donors (Lipinski definition) is 1. The largest absolute Gasteiger partial charge is 0.393 e. The molecule has 138 valence electrons. The average molecular weight is 333 g/mol. The molecule has 1 nitrogen and oxygen atoms in total. The van der Waals surface area contributed by atoms with Gasteiger partial charge in [-0.25, -0.2) is 0 Å². The van der Waals surface area contributed by atoms with Crippen molar-refractivity contribution in [1.29, 1.82) is 0 Å². The Morgan fingerprint density at radius 3 is 2.46 bits per heavy atom. The van der Waals surface area contributed by atoms with Gasteiger partial charge in [0.05, 0.1) is 6.10 Å². The summed E-state index contributed by atoms with van der Waals surface area (Å²) in [5.41, 5.74) is 1.05. The number of aliphatic hydroxyl groups excluding tert-OH is 1. The van der Waals surface area contributed by atoms with Crippen LogP contribution in [0.15, 0.2) is 0 Å². The highest BCUT2D eigenvalue weighted by Gasteiger charge is 2.62. The molecule has 0 aromatic rings. The highest BCUT2D eigenvalue weighted by atomic mass is 16.3. The van der Waals surface area contributed by atoms with Gasteiger partial charge in [0.2, 0.25) is 0 Å². The topological polar surface area (TPSA) is 20.2 Å². The number of hydrogen-bond acceptors (Lipinski definition) is 1. The molecule has 4 saturated carbocycles. The molecule has 0 aliphatic heterocycles. The van der Waals surface area contributed by atoms with Crippen LogP contribution in [0.1, 0.15) is 91.9 Å². The lowest BCUT2D eigenvalue weighted by atomic mass is 9.44.